The van der Waals surface area contributed by atoms with Crippen LogP contribution in [0.2, 0.25) is 0 Å². The van der Waals surface area contributed by atoms with Crippen LogP contribution < -0.4 is 15.0 Å². The minimum atomic E-state index is -1.53. The van der Waals surface area contributed by atoms with Crippen LogP contribution in [0.25, 0.3) is 6.08 Å². The van der Waals surface area contributed by atoms with Crippen molar-refractivity contribution in [1.82, 2.24) is 0 Å². The lowest BCUT2D eigenvalue weighted by Gasteiger charge is -2.37. The highest BCUT2D eigenvalue weighted by molar-refractivity contribution is 6.32. The molecular weight excluding hydrogens is 480 g/mol. The first kappa shape index (κ1) is 23.9. The van der Waals surface area contributed by atoms with Crippen molar-refractivity contribution in [2.75, 3.05) is 17.3 Å². The van der Waals surface area contributed by atoms with E-state index in [0.29, 0.717) is 33.8 Å². The van der Waals surface area contributed by atoms with Crippen LogP contribution in [0, 0.1) is 5.41 Å². The maximum Gasteiger partial charge on any atom is 0.221 e. The summed E-state index contributed by atoms with van der Waals surface area (Å²) in [6, 6.07) is 18.1. The Labute approximate surface area is 220 Å². The van der Waals surface area contributed by atoms with E-state index in [0.717, 1.165) is 5.56 Å². The van der Waals surface area contributed by atoms with Crippen molar-refractivity contribution < 1.29 is 23.9 Å². The number of nitrogens with zero attached hydrogens (tertiary/aromatic N) is 1. The number of amides is 1. The van der Waals surface area contributed by atoms with Gasteiger partial charge in [0.1, 0.15) is 11.2 Å². The van der Waals surface area contributed by atoms with Crippen LogP contribution >= 0.6 is 0 Å². The molecule has 3 aliphatic rings. The summed E-state index contributed by atoms with van der Waals surface area (Å²) in [5, 5.41) is 2.86. The molecule has 0 bridgehead atoms. The van der Waals surface area contributed by atoms with Crippen LogP contribution in [0.3, 0.4) is 0 Å². The summed E-state index contributed by atoms with van der Waals surface area (Å²) in [6.07, 6.45) is 3.69. The summed E-state index contributed by atoms with van der Waals surface area (Å²) in [7, 11) is 1.57. The molecule has 190 valence electrons. The average molecular weight is 507 g/mol. The number of nitrogens with one attached hydrogen (secondary N) is 1. The van der Waals surface area contributed by atoms with Crippen LogP contribution in [-0.2, 0) is 9.59 Å². The van der Waals surface area contributed by atoms with Gasteiger partial charge in [-0.05, 0) is 36.8 Å². The van der Waals surface area contributed by atoms with Gasteiger partial charge in [0.05, 0.1) is 24.9 Å². The fraction of sp³-hybridized carbons (Fsp3) is 0.226. The number of methoxy groups -OCH3 is 1. The zero-order chi connectivity index (χ0) is 26.8. The molecule has 7 heteroatoms. The van der Waals surface area contributed by atoms with Crippen molar-refractivity contribution in [3.63, 3.8) is 0 Å². The van der Waals surface area contributed by atoms with Crippen LogP contribution in [0.4, 0.5) is 11.4 Å². The number of carbonyl (C=O) groups excluding carboxylic acids is 4. The molecule has 3 atom stereocenters. The van der Waals surface area contributed by atoms with Gasteiger partial charge in [0.2, 0.25) is 5.91 Å². The van der Waals surface area contributed by atoms with Crippen molar-refractivity contribution in [3.8, 4) is 5.75 Å². The van der Waals surface area contributed by atoms with Crippen molar-refractivity contribution in [1.29, 1.82) is 0 Å². The van der Waals surface area contributed by atoms with Gasteiger partial charge in [0.15, 0.2) is 17.3 Å². The van der Waals surface area contributed by atoms with E-state index in [-0.39, 0.29) is 23.3 Å². The molecule has 38 heavy (non-hydrogen) atoms. The lowest BCUT2D eigenvalue weighted by atomic mass is 9.64. The average Bonchev–Trinajstić information content (AvgIpc) is 3.35. The molecule has 0 radical (unpaired) electrons. The SMILES string of the molecule is COc1ccc(C2C(C(C)=O)N3c4cccc(NC(C)=O)c4C=CC3C23C(=O)c2ccccc2C3=O)cc1. The predicted molar refractivity (Wildman–Crippen MR) is 144 cm³/mol. The molecule has 1 amide bonds. The molecule has 2 aliphatic heterocycles. The first-order valence-corrected chi connectivity index (χ1v) is 12.5. The lowest BCUT2D eigenvalue weighted by molar-refractivity contribution is -0.118. The zero-order valence-electron chi connectivity index (χ0n) is 21.2. The quantitative estimate of drug-likeness (QED) is 0.517. The Morgan fingerprint density at radius 3 is 2.13 bits per heavy atom. The Morgan fingerprint density at radius 2 is 1.55 bits per heavy atom. The Hall–Kier alpha value is -4.52. The van der Waals surface area contributed by atoms with Crippen molar-refractivity contribution >= 4 is 40.7 Å². The molecule has 1 saturated heterocycles. The number of hydrogen-bond donors (Lipinski definition) is 1. The maximum atomic E-state index is 14.4. The molecule has 7 nitrogen and oxygen atoms in total. The fourth-order valence-corrected chi connectivity index (χ4v) is 6.64. The highest BCUT2D eigenvalue weighted by atomic mass is 16.5. The molecule has 1 aliphatic carbocycles. The molecule has 1 fully saturated rings. The number of Topliss-reactive ketones (excluding diaryl/α,β-unsaturated/α-hetero) is 3. The zero-order valence-corrected chi connectivity index (χ0v) is 21.2. The first-order valence-electron chi connectivity index (χ1n) is 12.5. The molecule has 3 aromatic carbocycles. The first-order chi connectivity index (χ1) is 18.3. The Bertz CT molecular complexity index is 1520. The maximum absolute atomic E-state index is 14.4. The van der Waals surface area contributed by atoms with E-state index in [4.69, 9.17) is 4.74 Å². The fourth-order valence-electron chi connectivity index (χ4n) is 6.64. The summed E-state index contributed by atoms with van der Waals surface area (Å²) < 4.78 is 5.35. The van der Waals surface area contributed by atoms with Gasteiger partial charge in [0.25, 0.3) is 0 Å². The molecule has 1 N–H and O–H groups in total. The van der Waals surface area contributed by atoms with E-state index in [9.17, 15) is 19.2 Å². The second kappa shape index (κ2) is 8.52. The molecule has 3 unspecified atom stereocenters. The Balaban J connectivity index is 1.64. The number of anilines is 2. The molecule has 0 aromatic heterocycles. The smallest absolute Gasteiger partial charge is 0.221 e. The van der Waals surface area contributed by atoms with Crippen molar-refractivity contribution in [3.05, 3.63) is 95.1 Å². The number of ketones is 3. The second-order valence-corrected chi connectivity index (χ2v) is 10.0. The predicted octanol–water partition coefficient (Wildman–Crippen LogP) is 4.68. The summed E-state index contributed by atoms with van der Waals surface area (Å²) >= 11 is 0. The van der Waals surface area contributed by atoms with Gasteiger partial charge in [-0.15, -0.1) is 0 Å². The van der Waals surface area contributed by atoms with Crippen molar-refractivity contribution in [2.45, 2.75) is 31.8 Å². The number of ether oxygens (including phenoxy) is 1. The third kappa shape index (κ3) is 3.08. The highest BCUT2D eigenvalue weighted by Gasteiger charge is 2.71. The third-order valence-corrected chi connectivity index (χ3v) is 8.05. The van der Waals surface area contributed by atoms with E-state index in [1.165, 1.54) is 13.8 Å². The Morgan fingerprint density at radius 1 is 0.895 bits per heavy atom. The number of carbonyl (C=O) groups is 4. The third-order valence-electron chi connectivity index (χ3n) is 8.05. The molecule has 3 aromatic rings. The Kier molecular flexibility index (Phi) is 5.35. The van der Waals surface area contributed by atoms with Gasteiger partial charge in [-0.1, -0.05) is 54.6 Å². The van der Waals surface area contributed by atoms with Gasteiger partial charge in [-0.2, -0.15) is 0 Å². The van der Waals surface area contributed by atoms with Gasteiger partial charge < -0.3 is 15.0 Å². The van der Waals surface area contributed by atoms with E-state index in [2.05, 4.69) is 5.32 Å². The molecular formula is C31H26N2O5. The monoisotopic (exact) mass is 506 g/mol. The second-order valence-electron chi connectivity index (χ2n) is 10.0. The van der Waals surface area contributed by atoms with Gasteiger partial charge in [-0.3, -0.25) is 19.2 Å². The highest BCUT2D eigenvalue weighted by Crippen LogP contribution is 2.61. The van der Waals surface area contributed by atoms with Gasteiger partial charge >= 0.3 is 0 Å². The summed E-state index contributed by atoms with van der Waals surface area (Å²) in [4.78, 5) is 56.2. The summed E-state index contributed by atoms with van der Waals surface area (Å²) in [6.45, 7) is 2.94. The van der Waals surface area contributed by atoms with E-state index >= 15 is 0 Å². The van der Waals surface area contributed by atoms with Crippen molar-refractivity contribution in [2.24, 2.45) is 5.41 Å². The van der Waals surface area contributed by atoms with E-state index in [1.807, 2.05) is 35.3 Å². The molecule has 2 heterocycles. The number of fused-ring (bicyclic) bond motifs is 5. The lowest BCUT2D eigenvalue weighted by Crippen LogP contribution is -2.48. The minimum Gasteiger partial charge on any atom is -0.497 e. The molecule has 1 spiro atoms. The van der Waals surface area contributed by atoms with Crippen LogP contribution in [0.15, 0.2) is 72.8 Å². The summed E-state index contributed by atoms with van der Waals surface area (Å²) in [5.41, 5.74) is 1.95. The normalized spacial score (nSPS) is 22.2. The number of benzene rings is 3. The molecule has 0 saturated carbocycles. The number of hydrogen-bond acceptors (Lipinski definition) is 6. The van der Waals surface area contributed by atoms with E-state index < -0.39 is 23.4 Å². The van der Waals surface area contributed by atoms with Crippen LogP contribution in [0.5, 0.6) is 5.75 Å². The largest absolute Gasteiger partial charge is 0.497 e. The minimum absolute atomic E-state index is 0.157. The summed E-state index contributed by atoms with van der Waals surface area (Å²) in [5.74, 6) is -1.04. The van der Waals surface area contributed by atoms with E-state index in [1.54, 1.807) is 55.6 Å². The van der Waals surface area contributed by atoms with Crippen LogP contribution in [0.1, 0.15) is 51.6 Å². The van der Waals surface area contributed by atoms with Gasteiger partial charge in [0, 0.05) is 35.2 Å². The topological polar surface area (TPSA) is 92.8 Å². The standard InChI is InChI=1S/C31H26N2O5/c1-17(34)28-27(19-11-13-20(38-3)14-12-19)31(29(36)21-7-4-5-8-22(21)30(31)37)26-16-15-23-24(32-18(2)35)9-6-10-25(23)33(26)28/h4-16,26-28H,1-3H3,(H,32,35). The van der Waals surface area contributed by atoms with Crippen LogP contribution in [-0.4, -0.2) is 42.5 Å². The van der Waals surface area contributed by atoms with Gasteiger partial charge in [-0.25, -0.2) is 0 Å². The molecule has 6 rings (SSSR count). The number of rotatable bonds is 4.